The van der Waals surface area contributed by atoms with Crippen molar-refractivity contribution in [1.29, 1.82) is 0 Å². The molecule has 2 aliphatic rings. The van der Waals surface area contributed by atoms with Gasteiger partial charge < -0.3 is 14.7 Å². The Morgan fingerprint density at radius 2 is 2.07 bits per heavy atom. The van der Waals surface area contributed by atoms with E-state index in [1.165, 1.54) is 9.80 Å². The van der Waals surface area contributed by atoms with Crippen LogP contribution in [0.15, 0.2) is 29.2 Å². The number of hydrogen-bond donors (Lipinski definition) is 1. The highest BCUT2D eigenvalue weighted by Gasteiger charge is 2.38. The van der Waals surface area contributed by atoms with Crippen LogP contribution in [0.5, 0.6) is 5.75 Å². The number of amides is 2. The van der Waals surface area contributed by atoms with Crippen molar-refractivity contribution in [2.45, 2.75) is 25.8 Å². The van der Waals surface area contributed by atoms with Gasteiger partial charge >= 0.3 is 5.97 Å². The predicted octanol–water partition coefficient (Wildman–Crippen LogP) is 2.36. The molecule has 3 rings (SSSR count). The average molecular weight is 421 g/mol. The number of hydrogen-bond acceptors (Lipinski definition) is 6. The molecular weight excluding hydrogens is 400 g/mol. The molecule has 9 heteroatoms. The largest absolute Gasteiger partial charge is 0.494 e. The van der Waals surface area contributed by atoms with E-state index < -0.39 is 17.9 Å². The third kappa shape index (κ3) is 4.36. The van der Waals surface area contributed by atoms with E-state index in [9.17, 15) is 19.5 Å². The number of likely N-dealkylation sites (tertiary alicyclic amines) is 1. The van der Waals surface area contributed by atoms with Crippen molar-refractivity contribution in [2.24, 2.45) is 0 Å². The lowest BCUT2D eigenvalue weighted by Gasteiger charge is -2.24. The van der Waals surface area contributed by atoms with Gasteiger partial charge in [0.05, 0.1) is 11.5 Å². The molecule has 28 heavy (non-hydrogen) atoms. The van der Waals surface area contributed by atoms with Crippen LogP contribution in [0.25, 0.3) is 6.08 Å². The first-order valence-electron chi connectivity index (χ1n) is 8.91. The molecule has 0 radical (unpaired) electrons. The first kappa shape index (κ1) is 20.3. The number of ether oxygens (including phenoxy) is 1. The maximum Gasteiger partial charge on any atom is 0.326 e. The number of carbonyl (C=O) groups excluding carboxylic acids is 2. The second-order valence-electron chi connectivity index (χ2n) is 6.35. The van der Waals surface area contributed by atoms with Gasteiger partial charge in [0.15, 0.2) is 0 Å². The maximum absolute atomic E-state index is 12.7. The average Bonchev–Trinajstić information content (AvgIpc) is 3.25. The molecule has 0 aliphatic carbocycles. The second-order valence-corrected chi connectivity index (χ2v) is 8.03. The lowest BCUT2D eigenvalue weighted by Crippen LogP contribution is -2.46. The molecular formula is C19H20N2O5S2. The van der Waals surface area contributed by atoms with Gasteiger partial charge in [0.1, 0.15) is 22.7 Å². The Balaban J connectivity index is 1.69. The number of thioether (sulfide) groups is 1. The van der Waals surface area contributed by atoms with Crippen molar-refractivity contribution in [3.05, 3.63) is 34.7 Å². The predicted molar refractivity (Wildman–Crippen MR) is 110 cm³/mol. The summed E-state index contributed by atoms with van der Waals surface area (Å²) < 4.78 is 5.69. The van der Waals surface area contributed by atoms with Crippen LogP contribution in [0.1, 0.15) is 25.3 Å². The number of thiocarbonyl (C=S) groups is 1. The topological polar surface area (TPSA) is 87.2 Å². The zero-order chi connectivity index (χ0) is 20.3. The van der Waals surface area contributed by atoms with Gasteiger partial charge in [-0.3, -0.25) is 14.5 Å². The molecule has 0 spiro atoms. The molecule has 2 saturated heterocycles. The van der Waals surface area contributed by atoms with Crippen LogP contribution < -0.4 is 4.74 Å². The summed E-state index contributed by atoms with van der Waals surface area (Å²) in [5.41, 5.74) is 0.820. The van der Waals surface area contributed by atoms with E-state index in [0.29, 0.717) is 35.2 Å². The fourth-order valence-electron chi connectivity index (χ4n) is 3.16. The minimum absolute atomic E-state index is 0.241. The normalized spacial score (nSPS) is 20.9. The standard InChI is InChI=1S/C19H20N2O5S2/c1-2-26-13-7-5-12(6-8-13)10-15-17(23)21(19(27)28-15)11-16(22)20-9-3-4-14(20)18(24)25/h5-8,10,14H,2-4,9,11H2,1H3,(H,24,25)/b15-10-/t14-/m1/s1. The number of carboxylic acid groups (broad SMARTS) is 1. The van der Waals surface area contributed by atoms with Crippen LogP contribution >= 0.6 is 24.0 Å². The number of carboxylic acids is 1. The molecule has 1 N–H and O–H groups in total. The van der Waals surface area contributed by atoms with Crippen LogP contribution in [0, 0.1) is 0 Å². The van der Waals surface area contributed by atoms with Crippen molar-refractivity contribution in [2.75, 3.05) is 19.7 Å². The lowest BCUT2D eigenvalue weighted by molar-refractivity contribution is -0.148. The van der Waals surface area contributed by atoms with E-state index in [2.05, 4.69) is 0 Å². The number of rotatable bonds is 6. The summed E-state index contributed by atoms with van der Waals surface area (Å²) in [5.74, 6) is -1.02. The van der Waals surface area contributed by atoms with Gasteiger partial charge in [-0.1, -0.05) is 36.1 Å². The van der Waals surface area contributed by atoms with Gasteiger partial charge in [-0.2, -0.15) is 0 Å². The van der Waals surface area contributed by atoms with Crippen molar-refractivity contribution in [3.63, 3.8) is 0 Å². The first-order chi connectivity index (χ1) is 13.4. The highest BCUT2D eigenvalue weighted by molar-refractivity contribution is 8.26. The molecule has 1 atom stereocenters. The van der Waals surface area contributed by atoms with Crippen molar-refractivity contribution in [1.82, 2.24) is 9.80 Å². The molecule has 0 bridgehead atoms. The Morgan fingerprint density at radius 3 is 2.71 bits per heavy atom. The lowest BCUT2D eigenvalue weighted by atomic mass is 10.2. The highest BCUT2D eigenvalue weighted by Crippen LogP contribution is 2.33. The SMILES string of the molecule is CCOc1ccc(/C=C2\SC(=S)N(CC(=O)N3CCC[C@@H]3C(=O)O)C2=O)cc1. The van der Waals surface area contributed by atoms with Crippen molar-refractivity contribution < 1.29 is 24.2 Å². The monoisotopic (exact) mass is 420 g/mol. The maximum atomic E-state index is 12.7. The Labute approximate surface area is 172 Å². The number of nitrogens with zero attached hydrogens (tertiary/aromatic N) is 2. The second kappa shape index (κ2) is 8.74. The Hall–Kier alpha value is -2.39. The molecule has 2 amide bonds. The zero-order valence-electron chi connectivity index (χ0n) is 15.3. The van der Waals surface area contributed by atoms with E-state index in [1.54, 1.807) is 6.08 Å². The summed E-state index contributed by atoms with van der Waals surface area (Å²) in [6.45, 7) is 2.62. The summed E-state index contributed by atoms with van der Waals surface area (Å²) in [5, 5.41) is 9.23. The molecule has 2 aliphatic heterocycles. The molecule has 0 unspecified atom stereocenters. The Bertz CT molecular complexity index is 837. The third-order valence-corrected chi connectivity index (χ3v) is 5.89. The molecule has 0 aromatic heterocycles. The summed E-state index contributed by atoms with van der Waals surface area (Å²) in [6, 6.07) is 6.48. The van der Waals surface area contributed by atoms with E-state index in [4.69, 9.17) is 17.0 Å². The highest BCUT2D eigenvalue weighted by atomic mass is 32.2. The molecule has 2 heterocycles. The van der Waals surface area contributed by atoms with Crippen LogP contribution in [-0.2, 0) is 14.4 Å². The van der Waals surface area contributed by atoms with Crippen LogP contribution in [0.3, 0.4) is 0 Å². The summed E-state index contributed by atoms with van der Waals surface area (Å²) >= 11 is 6.39. The van der Waals surface area contributed by atoms with Crippen molar-refractivity contribution in [3.8, 4) is 5.75 Å². The zero-order valence-corrected chi connectivity index (χ0v) is 16.9. The number of benzene rings is 1. The van der Waals surface area contributed by atoms with Gasteiger partial charge in [-0.05, 0) is 43.5 Å². The smallest absolute Gasteiger partial charge is 0.326 e. The van der Waals surface area contributed by atoms with E-state index in [-0.39, 0.29) is 12.5 Å². The molecule has 1 aromatic rings. The van der Waals surface area contributed by atoms with Gasteiger partial charge in [-0.15, -0.1) is 0 Å². The fourth-order valence-corrected chi connectivity index (χ4v) is 4.42. The molecule has 0 saturated carbocycles. The summed E-state index contributed by atoms with van der Waals surface area (Å²) in [7, 11) is 0. The van der Waals surface area contributed by atoms with Gasteiger partial charge in [0, 0.05) is 6.54 Å². The van der Waals surface area contributed by atoms with Crippen molar-refractivity contribution >= 4 is 52.2 Å². The number of carbonyl (C=O) groups is 3. The Morgan fingerprint density at radius 1 is 1.36 bits per heavy atom. The van der Waals surface area contributed by atoms with Gasteiger partial charge in [0.2, 0.25) is 5.91 Å². The van der Waals surface area contributed by atoms with Gasteiger partial charge in [-0.25, -0.2) is 4.79 Å². The van der Waals surface area contributed by atoms with Crippen LogP contribution in [0.4, 0.5) is 0 Å². The number of aliphatic carboxylic acids is 1. The van der Waals surface area contributed by atoms with Crippen LogP contribution in [-0.4, -0.2) is 62.7 Å². The fraction of sp³-hybridized carbons (Fsp3) is 0.368. The van der Waals surface area contributed by atoms with Gasteiger partial charge in [0.25, 0.3) is 5.91 Å². The summed E-state index contributed by atoms with van der Waals surface area (Å²) in [4.78, 5) is 39.5. The third-order valence-electron chi connectivity index (χ3n) is 4.51. The van der Waals surface area contributed by atoms with E-state index in [1.807, 2.05) is 31.2 Å². The minimum Gasteiger partial charge on any atom is -0.494 e. The van der Waals surface area contributed by atoms with E-state index in [0.717, 1.165) is 23.1 Å². The molecule has 1 aromatic carbocycles. The minimum atomic E-state index is -1.02. The summed E-state index contributed by atoms with van der Waals surface area (Å²) in [6.07, 6.45) is 2.78. The molecule has 7 nitrogen and oxygen atoms in total. The molecule has 2 fully saturated rings. The molecule has 148 valence electrons. The quantitative estimate of drug-likeness (QED) is 0.558. The van der Waals surface area contributed by atoms with Crippen LogP contribution in [0.2, 0.25) is 0 Å². The first-order valence-corrected chi connectivity index (χ1v) is 10.1. The Kier molecular flexibility index (Phi) is 6.35. The van der Waals surface area contributed by atoms with E-state index >= 15 is 0 Å².